The second-order valence-corrected chi connectivity index (χ2v) is 5.89. The van der Waals surface area contributed by atoms with Gasteiger partial charge in [-0.25, -0.2) is 4.98 Å². The lowest BCUT2D eigenvalue weighted by molar-refractivity contribution is 0.520. The molecule has 2 aromatic heterocycles. The minimum Gasteiger partial charge on any atom is -0.312 e. The summed E-state index contributed by atoms with van der Waals surface area (Å²) in [5.74, 6) is 3.11. The Kier molecular flexibility index (Phi) is 4.22. The molecule has 6 heteroatoms. The normalized spacial score (nSPS) is 13.4. The van der Waals surface area contributed by atoms with Crippen LogP contribution >= 0.6 is 23.4 Å². The predicted molar refractivity (Wildman–Crippen MR) is 78.3 cm³/mol. The molecule has 0 aliphatic carbocycles. The first-order chi connectivity index (χ1) is 8.58. The monoisotopic (exact) mass is 286 g/mol. The van der Waals surface area contributed by atoms with Crippen LogP contribution in [-0.4, -0.2) is 31.3 Å². The van der Waals surface area contributed by atoms with Crippen molar-refractivity contribution in [2.24, 2.45) is 13.0 Å². The van der Waals surface area contributed by atoms with E-state index in [0.717, 1.165) is 35.0 Å². The van der Waals surface area contributed by atoms with E-state index in [-0.39, 0.29) is 0 Å². The molecule has 1 unspecified atom stereocenters. The summed E-state index contributed by atoms with van der Waals surface area (Å²) in [6.07, 6.45) is 2.14. The van der Waals surface area contributed by atoms with E-state index in [1.807, 2.05) is 30.4 Å². The Morgan fingerprint density at radius 2 is 2.17 bits per heavy atom. The van der Waals surface area contributed by atoms with E-state index in [9.17, 15) is 0 Å². The molecule has 18 heavy (non-hydrogen) atoms. The van der Waals surface area contributed by atoms with E-state index in [0.29, 0.717) is 11.8 Å². The van der Waals surface area contributed by atoms with Crippen molar-refractivity contribution in [2.75, 3.05) is 12.0 Å². The molecule has 0 N–H and O–H groups in total. The van der Waals surface area contributed by atoms with Gasteiger partial charge in [-0.05, 0) is 24.9 Å². The summed E-state index contributed by atoms with van der Waals surface area (Å²) >= 11 is 7.88. The van der Waals surface area contributed by atoms with E-state index in [1.165, 1.54) is 0 Å². The highest BCUT2D eigenvalue weighted by Gasteiger charge is 2.18. The molecule has 0 aliphatic heterocycles. The lowest BCUT2D eigenvalue weighted by Crippen LogP contribution is -2.14. The van der Waals surface area contributed by atoms with E-state index >= 15 is 0 Å². The van der Waals surface area contributed by atoms with Crippen LogP contribution in [0.15, 0.2) is 0 Å². The predicted octanol–water partition coefficient (Wildman–Crippen LogP) is 2.82. The zero-order chi connectivity index (χ0) is 13.3. The molecule has 0 radical (unpaired) electrons. The number of hydrogen-bond donors (Lipinski definition) is 0. The highest BCUT2D eigenvalue weighted by atomic mass is 35.5. The fourth-order valence-corrected chi connectivity index (χ4v) is 3.20. The maximum absolute atomic E-state index is 6.01. The SMILES string of the molecule is CSCC(C)Cn1c(CCl)nc2c(C)nn(C)c21. The number of aromatic nitrogens is 4. The van der Waals surface area contributed by atoms with Gasteiger partial charge in [0.15, 0.2) is 5.65 Å². The highest BCUT2D eigenvalue weighted by Crippen LogP contribution is 2.22. The number of hydrogen-bond acceptors (Lipinski definition) is 3. The molecule has 100 valence electrons. The van der Waals surface area contributed by atoms with Gasteiger partial charge in [-0.2, -0.15) is 16.9 Å². The van der Waals surface area contributed by atoms with Gasteiger partial charge in [0.05, 0.1) is 11.6 Å². The van der Waals surface area contributed by atoms with Gasteiger partial charge in [0.2, 0.25) is 0 Å². The molecule has 0 aliphatic rings. The number of rotatable bonds is 5. The molecule has 0 spiro atoms. The van der Waals surface area contributed by atoms with Crippen LogP contribution in [-0.2, 0) is 19.5 Å². The van der Waals surface area contributed by atoms with E-state index in [2.05, 4.69) is 27.8 Å². The molecule has 0 saturated heterocycles. The molecule has 2 aromatic rings. The van der Waals surface area contributed by atoms with Crippen molar-refractivity contribution in [3.8, 4) is 0 Å². The average molecular weight is 287 g/mol. The Hall–Kier alpha value is -0.680. The van der Waals surface area contributed by atoms with Crippen LogP contribution in [0.4, 0.5) is 0 Å². The zero-order valence-corrected chi connectivity index (χ0v) is 12.8. The second-order valence-electron chi connectivity index (χ2n) is 4.71. The lowest BCUT2D eigenvalue weighted by atomic mass is 10.2. The van der Waals surface area contributed by atoms with Crippen LogP contribution in [0.1, 0.15) is 18.4 Å². The summed E-state index contributed by atoms with van der Waals surface area (Å²) in [5, 5.41) is 4.42. The first-order valence-corrected chi connectivity index (χ1v) is 7.95. The molecule has 0 saturated carbocycles. The number of imidazole rings is 1. The van der Waals surface area contributed by atoms with Crippen molar-refractivity contribution in [1.29, 1.82) is 0 Å². The molecular formula is C12H19ClN4S. The summed E-state index contributed by atoms with van der Waals surface area (Å²) < 4.78 is 4.11. The minimum atomic E-state index is 0.445. The van der Waals surface area contributed by atoms with Crippen molar-refractivity contribution >= 4 is 34.5 Å². The average Bonchev–Trinajstić information content (AvgIpc) is 2.80. The van der Waals surface area contributed by atoms with Gasteiger partial charge in [-0.1, -0.05) is 6.92 Å². The van der Waals surface area contributed by atoms with E-state index < -0.39 is 0 Å². The quantitative estimate of drug-likeness (QED) is 0.793. The standard InChI is InChI=1S/C12H19ClN4S/c1-8(7-18-4)6-17-10(5-13)14-11-9(2)15-16(3)12(11)17/h8H,5-7H2,1-4H3. The van der Waals surface area contributed by atoms with Crippen molar-refractivity contribution in [3.05, 3.63) is 11.5 Å². The molecule has 2 heterocycles. The number of alkyl halides is 1. The summed E-state index contributed by atoms with van der Waals surface area (Å²) in [4.78, 5) is 4.61. The van der Waals surface area contributed by atoms with Crippen LogP contribution in [0.3, 0.4) is 0 Å². The number of aryl methyl sites for hydroxylation is 2. The van der Waals surface area contributed by atoms with Crippen LogP contribution in [0.5, 0.6) is 0 Å². The number of nitrogens with zero attached hydrogens (tertiary/aromatic N) is 4. The molecule has 0 fully saturated rings. The maximum atomic E-state index is 6.01. The van der Waals surface area contributed by atoms with Crippen molar-refractivity contribution in [3.63, 3.8) is 0 Å². The molecule has 0 amide bonds. The summed E-state index contributed by atoms with van der Waals surface area (Å²) in [6.45, 7) is 5.19. The number of thioether (sulfide) groups is 1. The topological polar surface area (TPSA) is 35.6 Å². The zero-order valence-electron chi connectivity index (χ0n) is 11.3. The Morgan fingerprint density at radius 1 is 1.44 bits per heavy atom. The van der Waals surface area contributed by atoms with Gasteiger partial charge in [0.25, 0.3) is 0 Å². The molecule has 1 atom stereocenters. The Bertz CT molecular complexity index is 546. The largest absolute Gasteiger partial charge is 0.312 e. The van der Waals surface area contributed by atoms with Crippen molar-refractivity contribution in [2.45, 2.75) is 26.3 Å². The molecule has 0 bridgehead atoms. The summed E-state index contributed by atoms with van der Waals surface area (Å²) in [6, 6.07) is 0. The lowest BCUT2D eigenvalue weighted by Gasteiger charge is -2.13. The highest BCUT2D eigenvalue weighted by molar-refractivity contribution is 7.98. The molecule has 2 rings (SSSR count). The Balaban J connectivity index is 2.46. The van der Waals surface area contributed by atoms with Crippen LogP contribution in [0, 0.1) is 12.8 Å². The van der Waals surface area contributed by atoms with Gasteiger partial charge in [-0.15, -0.1) is 11.6 Å². The van der Waals surface area contributed by atoms with Crippen LogP contribution < -0.4 is 0 Å². The van der Waals surface area contributed by atoms with Gasteiger partial charge in [0, 0.05) is 13.6 Å². The van der Waals surface area contributed by atoms with Crippen LogP contribution in [0.25, 0.3) is 11.2 Å². The Morgan fingerprint density at radius 3 is 2.78 bits per heavy atom. The first kappa shape index (κ1) is 13.7. The first-order valence-electron chi connectivity index (χ1n) is 6.02. The summed E-state index contributed by atoms with van der Waals surface area (Å²) in [5.41, 5.74) is 3.02. The fraction of sp³-hybridized carbons (Fsp3) is 0.667. The third-order valence-electron chi connectivity index (χ3n) is 3.03. The van der Waals surface area contributed by atoms with Gasteiger partial charge < -0.3 is 4.57 Å². The van der Waals surface area contributed by atoms with Crippen molar-refractivity contribution < 1.29 is 0 Å². The van der Waals surface area contributed by atoms with E-state index in [1.54, 1.807) is 0 Å². The number of halogens is 1. The molecular weight excluding hydrogens is 268 g/mol. The smallest absolute Gasteiger partial charge is 0.158 e. The minimum absolute atomic E-state index is 0.445. The Labute approximate surface area is 117 Å². The fourth-order valence-electron chi connectivity index (χ4n) is 2.32. The van der Waals surface area contributed by atoms with Gasteiger partial charge in [-0.3, -0.25) is 4.68 Å². The van der Waals surface area contributed by atoms with Crippen LogP contribution in [0.2, 0.25) is 0 Å². The third kappa shape index (κ3) is 2.38. The maximum Gasteiger partial charge on any atom is 0.158 e. The third-order valence-corrected chi connectivity index (χ3v) is 4.18. The summed E-state index contributed by atoms with van der Waals surface area (Å²) in [7, 11) is 1.96. The van der Waals surface area contributed by atoms with Gasteiger partial charge in [0.1, 0.15) is 11.3 Å². The van der Waals surface area contributed by atoms with E-state index in [4.69, 9.17) is 11.6 Å². The molecule has 4 nitrogen and oxygen atoms in total. The van der Waals surface area contributed by atoms with Gasteiger partial charge >= 0.3 is 0 Å². The molecule has 0 aromatic carbocycles. The van der Waals surface area contributed by atoms with Crippen molar-refractivity contribution in [1.82, 2.24) is 19.3 Å². The number of fused-ring (bicyclic) bond motifs is 1. The second kappa shape index (κ2) is 5.53.